The van der Waals surface area contributed by atoms with Crippen molar-refractivity contribution in [1.82, 2.24) is 4.98 Å². The van der Waals surface area contributed by atoms with E-state index in [9.17, 15) is 9.59 Å². The Balaban J connectivity index is 1.15. The molecule has 46 heavy (non-hydrogen) atoms. The number of nitrogens with zero attached hydrogens (tertiary/aromatic N) is 1. The summed E-state index contributed by atoms with van der Waals surface area (Å²) in [5.41, 5.74) is 6.22. The van der Waals surface area contributed by atoms with E-state index in [1.165, 1.54) is 11.1 Å². The number of benzene rings is 4. The van der Waals surface area contributed by atoms with Crippen LogP contribution in [0.3, 0.4) is 0 Å². The van der Waals surface area contributed by atoms with Gasteiger partial charge in [-0.05, 0) is 121 Å². The van der Waals surface area contributed by atoms with Crippen LogP contribution in [0.4, 0.5) is 11.4 Å². The number of nitrogens with one attached hydrogen (secondary N) is 2. The molecule has 2 amide bonds. The average molecular weight is 612 g/mol. The maximum atomic E-state index is 13.0. The second kappa shape index (κ2) is 15.0. The number of hydrogen-bond acceptors (Lipinski definition) is 5. The highest BCUT2D eigenvalue weighted by Gasteiger charge is 2.13. The summed E-state index contributed by atoms with van der Waals surface area (Å²) in [7, 11) is 0. The van der Waals surface area contributed by atoms with Crippen LogP contribution in [0, 0.1) is 0 Å². The second-order valence-corrected chi connectivity index (χ2v) is 11.5. The van der Waals surface area contributed by atoms with E-state index in [0.717, 1.165) is 61.2 Å². The highest BCUT2D eigenvalue weighted by atomic mass is 16.5. The number of carbonyl (C=O) groups excluding carboxylic acids is 2. The molecular formula is C39H37N3O4. The van der Waals surface area contributed by atoms with Gasteiger partial charge in [0.15, 0.2) is 0 Å². The summed E-state index contributed by atoms with van der Waals surface area (Å²) in [6.07, 6.45) is 5.75. The fraction of sp³-hybridized carbons (Fsp3) is 0.205. The van der Waals surface area contributed by atoms with Gasteiger partial charge in [-0.1, -0.05) is 54.6 Å². The van der Waals surface area contributed by atoms with Gasteiger partial charge in [-0.2, -0.15) is 0 Å². The van der Waals surface area contributed by atoms with Crippen LogP contribution in [-0.2, 0) is 12.8 Å². The van der Waals surface area contributed by atoms with E-state index in [1.54, 1.807) is 18.2 Å². The molecule has 0 spiro atoms. The molecular weight excluding hydrogens is 574 g/mol. The van der Waals surface area contributed by atoms with Gasteiger partial charge < -0.3 is 20.1 Å². The molecule has 1 aromatic heterocycles. The third-order valence-corrected chi connectivity index (χ3v) is 7.88. The van der Waals surface area contributed by atoms with Gasteiger partial charge in [-0.3, -0.25) is 9.59 Å². The lowest BCUT2D eigenvalue weighted by molar-refractivity contribution is 0.101. The maximum Gasteiger partial charge on any atom is 0.274 e. The first-order valence-electron chi connectivity index (χ1n) is 15.8. The Morgan fingerprint density at radius 1 is 0.457 bits per heavy atom. The highest BCUT2D eigenvalue weighted by molar-refractivity contribution is 6.06. The molecule has 0 saturated heterocycles. The van der Waals surface area contributed by atoms with Crippen molar-refractivity contribution in [1.29, 1.82) is 0 Å². The molecule has 10 bridgehead atoms. The summed E-state index contributed by atoms with van der Waals surface area (Å²) in [5.74, 6) is 0.983. The minimum Gasteiger partial charge on any atom is -0.494 e. The Kier molecular flexibility index (Phi) is 10.00. The van der Waals surface area contributed by atoms with Crippen LogP contribution in [-0.4, -0.2) is 30.0 Å². The number of anilines is 2. The summed E-state index contributed by atoms with van der Waals surface area (Å²) in [6, 6.07) is 36.7. The molecule has 7 aliphatic rings. The molecule has 5 aromatic rings. The normalized spacial score (nSPS) is 14.6. The van der Waals surface area contributed by atoms with Crippen LogP contribution in [0.2, 0.25) is 0 Å². The molecule has 7 nitrogen and oxygen atoms in total. The fourth-order valence-corrected chi connectivity index (χ4v) is 5.31. The van der Waals surface area contributed by atoms with Gasteiger partial charge in [-0.25, -0.2) is 4.98 Å². The number of hydrogen-bond donors (Lipinski definition) is 2. The predicted molar refractivity (Wildman–Crippen MR) is 181 cm³/mol. The Morgan fingerprint density at radius 3 is 1.22 bits per heavy atom. The number of amides is 2. The molecule has 232 valence electrons. The van der Waals surface area contributed by atoms with E-state index in [2.05, 4.69) is 39.9 Å². The van der Waals surface area contributed by atoms with Gasteiger partial charge in [-0.15, -0.1) is 0 Å². The first-order valence-corrected chi connectivity index (χ1v) is 15.8. The zero-order valence-corrected chi connectivity index (χ0v) is 25.7. The topological polar surface area (TPSA) is 89.5 Å². The van der Waals surface area contributed by atoms with Crippen LogP contribution >= 0.6 is 0 Å². The third kappa shape index (κ3) is 8.60. The largest absolute Gasteiger partial charge is 0.494 e. The fourth-order valence-electron chi connectivity index (χ4n) is 5.31. The van der Waals surface area contributed by atoms with Crippen LogP contribution in [0.5, 0.6) is 11.5 Å². The van der Waals surface area contributed by atoms with E-state index >= 15 is 0 Å². The molecule has 8 heterocycles. The van der Waals surface area contributed by atoms with Crippen molar-refractivity contribution >= 4 is 23.2 Å². The minimum absolute atomic E-state index is 0.160. The monoisotopic (exact) mass is 611 g/mol. The van der Waals surface area contributed by atoms with E-state index in [0.29, 0.717) is 24.6 Å². The predicted octanol–water partition coefficient (Wildman–Crippen LogP) is 8.10. The number of pyridine rings is 1. The van der Waals surface area contributed by atoms with E-state index in [1.807, 2.05) is 72.8 Å². The zero-order valence-electron chi connectivity index (χ0n) is 25.7. The number of carbonyl (C=O) groups is 2. The minimum atomic E-state index is -0.386. The van der Waals surface area contributed by atoms with Gasteiger partial charge in [0.25, 0.3) is 11.8 Å². The van der Waals surface area contributed by atoms with Crippen molar-refractivity contribution in [3.8, 4) is 11.5 Å². The quantitative estimate of drug-likeness (QED) is 0.185. The van der Waals surface area contributed by atoms with Crippen LogP contribution in [0.25, 0.3) is 0 Å². The standard InChI is InChI=1S/C39H37N3O4/c43-38-36-6-5-7-37(42-36)39(44)41-33-18-10-29(11-19-33)27-31-14-22-35(23-15-31)46-25-4-2-1-3-24-45-34-20-12-30(13-21-34)26-28-8-16-32(40-38)17-9-28/h5-23H,1-4,24-27H2,(H,40,43)(H,41,44). The lowest BCUT2D eigenvalue weighted by Crippen LogP contribution is -2.18. The van der Waals surface area contributed by atoms with E-state index < -0.39 is 0 Å². The number of rotatable bonds is 0. The first kappa shape index (κ1) is 30.6. The molecule has 0 radical (unpaired) electrons. The smallest absolute Gasteiger partial charge is 0.274 e. The summed E-state index contributed by atoms with van der Waals surface area (Å²) in [4.78, 5) is 30.3. The molecule has 12 rings (SSSR count). The molecule has 4 aromatic carbocycles. The molecule has 0 saturated carbocycles. The molecule has 2 N–H and O–H groups in total. The Bertz CT molecular complexity index is 1620. The Labute approximate surface area is 269 Å². The van der Waals surface area contributed by atoms with Gasteiger partial charge in [0.05, 0.1) is 13.2 Å². The van der Waals surface area contributed by atoms with Crippen molar-refractivity contribution in [2.75, 3.05) is 23.8 Å². The van der Waals surface area contributed by atoms with Crippen molar-refractivity contribution in [3.05, 3.63) is 149 Å². The summed E-state index contributed by atoms with van der Waals surface area (Å²) >= 11 is 0. The average Bonchev–Trinajstić information content (AvgIpc) is 3.09. The lowest BCUT2D eigenvalue weighted by Gasteiger charge is -2.09. The molecule has 0 aliphatic carbocycles. The Morgan fingerprint density at radius 2 is 0.826 bits per heavy atom. The zero-order chi connectivity index (χ0) is 31.6. The molecule has 0 atom stereocenters. The van der Waals surface area contributed by atoms with Gasteiger partial charge in [0, 0.05) is 11.4 Å². The third-order valence-electron chi connectivity index (χ3n) is 7.88. The SMILES string of the molecule is O=C1Nc2ccc(cc2)Cc2ccc(cc2)OCCCCCCOc2ccc(cc2)Cc2ccc(cc2)NC(=O)c2cccc1n2. The van der Waals surface area contributed by atoms with Gasteiger partial charge >= 0.3 is 0 Å². The van der Waals surface area contributed by atoms with Gasteiger partial charge in [0.2, 0.25) is 0 Å². The molecule has 0 unspecified atom stereocenters. The van der Waals surface area contributed by atoms with Crippen molar-refractivity contribution in [2.24, 2.45) is 0 Å². The molecule has 7 aliphatic heterocycles. The molecule has 0 fully saturated rings. The van der Waals surface area contributed by atoms with Crippen molar-refractivity contribution in [2.45, 2.75) is 38.5 Å². The van der Waals surface area contributed by atoms with Crippen molar-refractivity contribution < 1.29 is 19.1 Å². The second-order valence-electron chi connectivity index (χ2n) is 11.5. The van der Waals surface area contributed by atoms with Crippen molar-refractivity contribution in [3.63, 3.8) is 0 Å². The highest BCUT2D eigenvalue weighted by Crippen LogP contribution is 2.20. The summed E-state index contributed by atoms with van der Waals surface area (Å²) < 4.78 is 11.9. The molecule has 7 heteroatoms. The van der Waals surface area contributed by atoms with E-state index in [-0.39, 0.29) is 23.2 Å². The van der Waals surface area contributed by atoms with Gasteiger partial charge in [0.1, 0.15) is 22.9 Å². The first-order chi connectivity index (χ1) is 22.6. The summed E-state index contributed by atoms with van der Waals surface area (Å²) in [5, 5.41) is 5.76. The number of aromatic nitrogens is 1. The lowest BCUT2D eigenvalue weighted by atomic mass is 10.0. The van der Waals surface area contributed by atoms with Crippen LogP contribution in [0.15, 0.2) is 115 Å². The van der Waals surface area contributed by atoms with E-state index in [4.69, 9.17) is 9.47 Å². The number of ether oxygens (including phenoxy) is 2. The van der Waals surface area contributed by atoms with Crippen LogP contribution in [0.1, 0.15) is 68.9 Å². The Hall–Kier alpha value is -5.43. The van der Waals surface area contributed by atoms with Crippen LogP contribution < -0.4 is 20.1 Å². The maximum absolute atomic E-state index is 13.0. The summed E-state index contributed by atoms with van der Waals surface area (Å²) in [6.45, 7) is 1.40.